The lowest BCUT2D eigenvalue weighted by molar-refractivity contribution is 0.424. The van der Waals surface area contributed by atoms with E-state index in [0.29, 0.717) is 5.75 Å². The first-order chi connectivity index (χ1) is 5.64. The summed E-state index contributed by atoms with van der Waals surface area (Å²) in [5.74, 6) is 0.429. The molecular weight excluding hydrogens is 266 g/mol. The SMILES string of the molecule is O=P(Br)(OCl)Oc1ccccc1. The van der Waals surface area contributed by atoms with Gasteiger partial charge in [0.05, 0.1) is 27.4 Å². The van der Waals surface area contributed by atoms with Gasteiger partial charge in [0.25, 0.3) is 0 Å². The lowest BCUT2D eigenvalue weighted by Gasteiger charge is -2.07. The average molecular weight is 271 g/mol. The zero-order chi connectivity index (χ0) is 9.03. The molecule has 0 saturated carbocycles. The average Bonchev–Trinajstić information content (AvgIpc) is 2.06. The van der Waals surface area contributed by atoms with Gasteiger partial charge in [0.2, 0.25) is 0 Å². The van der Waals surface area contributed by atoms with E-state index in [-0.39, 0.29) is 0 Å². The minimum atomic E-state index is -3.32. The van der Waals surface area contributed by atoms with Crippen LogP contribution in [0.3, 0.4) is 0 Å². The summed E-state index contributed by atoms with van der Waals surface area (Å²) < 4.78 is 20.0. The summed E-state index contributed by atoms with van der Waals surface area (Å²) in [6.45, 7) is 0. The van der Waals surface area contributed by atoms with Crippen molar-refractivity contribution in [2.75, 3.05) is 0 Å². The van der Waals surface area contributed by atoms with Crippen LogP contribution in [0.15, 0.2) is 30.3 Å². The first-order valence-corrected chi connectivity index (χ1v) is 6.86. The van der Waals surface area contributed by atoms with Crippen molar-refractivity contribution < 1.29 is 13.2 Å². The second-order valence-corrected chi connectivity index (χ2v) is 6.11. The molecule has 0 amide bonds. The third-order valence-corrected chi connectivity index (χ3v) is 3.55. The molecule has 1 atom stereocenters. The van der Waals surface area contributed by atoms with Crippen molar-refractivity contribution in [1.29, 1.82) is 0 Å². The molecular formula is C6H5BrClO3P. The van der Waals surface area contributed by atoms with Crippen LogP contribution in [0.5, 0.6) is 5.75 Å². The van der Waals surface area contributed by atoms with E-state index in [1.165, 1.54) is 0 Å². The highest BCUT2D eigenvalue weighted by molar-refractivity contribution is 9.39. The molecule has 0 bridgehead atoms. The molecule has 0 radical (unpaired) electrons. The zero-order valence-electron chi connectivity index (χ0n) is 5.81. The molecule has 0 spiro atoms. The van der Waals surface area contributed by atoms with Crippen LogP contribution < -0.4 is 4.52 Å². The summed E-state index contributed by atoms with van der Waals surface area (Å²) in [5, 5.41) is 0. The molecule has 0 saturated heterocycles. The Balaban J connectivity index is 2.71. The Labute approximate surface area is 83.1 Å². The third-order valence-electron chi connectivity index (χ3n) is 1.04. The largest absolute Gasteiger partial charge is 0.462 e. The Morgan fingerprint density at radius 2 is 1.92 bits per heavy atom. The summed E-state index contributed by atoms with van der Waals surface area (Å²) in [7, 11) is 0. The quantitative estimate of drug-likeness (QED) is 0.786. The molecule has 1 rings (SSSR count). The summed E-state index contributed by atoms with van der Waals surface area (Å²) in [4.78, 5) is 0. The van der Waals surface area contributed by atoms with Crippen molar-refractivity contribution in [3.8, 4) is 5.75 Å². The minimum absolute atomic E-state index is 0.429. The summed E-state index contributed by atoms with van der Waals surface area (Å²) in [6, 6.07) is 8.59. The normalized spacial score (nSPS) is 15.2. The highest BCUT2D eigenvalue weighted by Gasteiger charge is 2.20. The molecule has 0 fully saturated rings. The van der Waals surface area contributed by atoms with Crippen LogP contribution in [0.2, 0.25) is 0 Å². The molecule has 6 heteroatoms. The van der Waals surface area contributed by atoms with Gasteiger partial charge in [-0.25, -0.2) is 4.57 Å². The van der Waals surface area contributed by atoms with Gasteiger partial charge in [-0.05, 0) is 12.1 Å². The van der Waals surface area contributed by atoms with Gasteiger partial charge >= 0.3 is 6.30 Å². The van der Waals surface area contributed by atoms with Gasteiger partial charge in [0.15, 0.2) is 0 Å². The van der Waals surface area contributed by atoms with E-state index >= 15 is 0 Å². The van der Waals surface area contributed by atoms with Crippen molar-refractivity contribution in [3.05, 3.63) is 30.3 Å². The van der Waals surface area contributed by atoms with Gasteiger partial charge in [-0.2, -0.15) is 4.08 Å². The van der Waals surface area contributed by atoms with Crippen LogP contribution >= 0.6 is 33.7 Å². The lowest BCUT2D eigenvalue weighted by Crippen LogP contribution is -1.84. The van der Waals surface area contributed by atoms with Crippen LogP contribution in [0, 0.1) is 0 Å². The van der Waals surface area contributed by atoms with E-state index in [4.69, 9.17) is 16.4 Å². The van der Waals surface area contributed by atoms with Gasteiger partial charge in [-0.3, -0.25) is 0 Å². The standard InChI is InChI=1S/C6H5BrClO3P/c7-12(9,11-8)10-6-4-2-1-3-5-6/h1-5H. The van der Waals surface area contributed by atoms with Crippen molar-refractivity contribution in [2.24, 2.45) is 0 Å². The Hall–Kier alpha value is -0.0200. The molecule has 0 aliphatic rings. The molecule has 1 unspecified atom stereocenters. The molecule has 12 heavy (non-hydrogen) atoms. The Morgan fingerprint density at radius 3 is 2.42 bits per heavy atom. The van der Waals surface area contributed by atoms with E-state index in [1.807, 2.05) is 6.07 Å². The van der Waals surface area contributed by atoms with Gasteiger partial charge in [0.1, 0.15) is 5.75 Å². The van der Waals surface area contributed by atoms with Gasteiger partial charge in [0, 0.05) is 0 Å². The van der Waals surface area contributed by atoms with E-state index < -0.39 is 6.30 Å². The predicted octanol–water partition coefficient (Wildman–Crippen LogP) is 3.74. The van der Waals surface area contributed by atoms with E-state index in [9.17, 15) is 4.57 Å². The second-order valence-electron chi connectivity index (χ2n) is 1.90. The molecule has 0 N–H and O–H groups in total. The first kappa shape index (κ1) is 10.1. The molecule has 1 aromatic rings. The van der Waals surface area contributed by atoms with Crippen molar-refractivity contribution in [2.45, 2.75) is 0 Å². The fourth-order valence-electron chi connectivity index (χ4n) is 0.621. The van der Waals surface area contributed by atoms with Crippen LogP contribution in [-0.2, 0) is 8.64 Å². The highest BCUT2D eigenvalue weighted by atomic mass is 79.9. The summed E-state index contributed by atoms with van der Waals surface area (Å²) in [5.41, 5.74) is 0. The Bertz CT molecular complexity index is 292. The smallest absolute Gasteiger partial charge is 0.416 e. The van der Waals surface area contributed by atoms with Crippen molar-refractivity contribution in [3.63, 3.8) is 0 Å². The van der Waals surface area contributed by atoms with Crippen LogP contribution in [0.25, 0.3) is 0 Å². The van der Waals surface area contributed by atoms with E-state index in [1.54, 1.807) is 24.3 Å². The molecule has 66 valence electrons. The molecule has 3 nitrogen and oxygen atoms in total. The maximum atomic E-state index is 11.1. The molecule has 0 aromatic heterocycles. The molecule has 0 heterocycles. The van der Waals surface area contributed by atoms with Crippen molar-refractivity contribution >= 4 is 33.7 Å². The number of para-hydroxylation sites is 1. The predicted molar refractivity (Wildman–Crippen MR) is 50.5 cm³/mol. The topological polar surface area (TPSA) is 35.5 Å². The van der Waals surface area contributed by atoms with E-state index in [2.05, 4.69) is 19.6 Å². The highest BCUT2D eigenvalue weighted by Crippen LogP contribution is 2.56. The number of benzene rings is 1. The van der Waals surface area contributed by atoms with Gasteiger partial charge in [-0.1, -0.05) is 18.2 Å². The second kappa shape index (κ2) is 4.28. The summed E-state index contributed by atoms with van der Waals surface area (Å²) in [6.07, 6.45) is -3.32. The maximum Gasteiger partial charge on any atom is 0.462 e. The van der Waals surface area contributed by atoms with Crippen LogP contribution in [0.1, 0.15) is 0 Å². The van der Waals surface area contributed by atoms with E-state index in [0.717, 1.165) is 0 Å². The maximum absolute atomic E-state index is 11.1. The third kappa shape index (κ3) is 3.15. The monoisotopic (exact) mass is 270 g/mol. The number of hydrogen-bond acceptors (Lipinski definition) is 3. The number of rotatable bonds is 3. The zero-order valence-corrected chi connectivity index (χ0v) is 9.05. The molecule has 1 aromatic carbocycles. The molecule has 0 aliphatic carbocycles. The number of halogens is 2. The Morgan fingerprint density at radius 1 is 1.33 bits per heavy atom. The fraction of sp³-hybridized carbons (Fsp3) is 0. The lowest BCUT2D eigenvalue weighted by atomic mass is 10.3. The van der Waals surface area contributed by atoms with Gasteiger partial charge < -0.3 is 4.52 Å². The first-order valence-electron chi connectivity index (χ1n) is 2.99. The number of hydrogen-bond donors (Lipinski definition) is 0. The van der Waals surface area contributed by atoms with Gasteiger partial charge in [-0.15, -0.1) is 0 Å². The summed E-state index contributed by atoms with van der Waals surface area (Å²) >= 11 is 7.60. The van der Waals surface area contributed by atoms with Crippen LogP contribution in [0.4, 0.5) is 0 Å². The van der Waals surface area contributed by atoms with Crippen molar-refractivity contribution in [1.82, 2.24) is 0 Å². The Kier molecular flexibility index (Phi) is 3.59. The molecule has 0 aliphatic heterocycles. The van der Waals surface area contributed by atoms with Crippen LogP contribution in [-0.4, -0.2) is 0 Å². The minimum Gasteiger partial charge on any atom is -0.416 e. The fourth-order valence-corrected chi connectivity index (χ4v) is 1.61.